The summed E-state index contributed by atoms with van der Waals surface area (Å²) in [7, 11) is 1.85. The van der Waals surface area contributed by atoms with Gasteiger partial charge in [-0.3, -0.25) is 4.68 Å². The molecule has 0 aliphatic rings. The fourth-order valence-electron chi connectivity index (χ4n) is 1.40. The minimum absolute atomic E-state index is 0.144. The predicted octanol–water partition coefficient (Wildman–Crippen LogP) is 0.678. The molecule has 2 aromatic heterocycles. The number of hydrogen-bond donors (Lipinski definition) is 1. The molecule has 0 aliphatic carbocycles. The normalized spacial score (nSPS) is 10.6. The van der Waals surface area contributed by atoms with Gasteiger partial charge in [-0.1, -0.05) is 0 Å². The summed E-state index contributed by atoms with van der Waals surface area (Å²) >= 11 is 0. The van der Waals surface area contributed by atoms with E-state index in [0.29, 0.717) is 5.82 Å². The van der Waals surface area contributed by atoms with E-state index < -0.39 is 0 Å². The molecule has 0 radical (unpaired) electrons. The van der Waals surface area contributed by atoms with E-state index in [1.54, 1.807) is 10.9 Å². The predicted molar refractivity (Wildman–Crippen MR) is 54.9 cm³/mol. The van der Waals surface area contributed by atoms with Gasteiger partial charge in [0.05, 0.1) is 11.9 Å². The molecule has 0 aromatic carbocycles. The second-order valence-electron chi connectivity index (χ2n) is 3.37. The van der Waals surface area contributed by atoms with E-state index in [9.17, 15) is 0 Å². The van der Waals surface area contributed by atoms with Gasteiger partial charge in [0.25, 0.3) is 0 Å². The van der Waals surface area contributed by atoms with Gasteiger partial charge < -0.3 is 5.11 Å². The lowest BCUT2D eigenvalue weighted by molar-refractivity contribution is 0.271. The maximum Gasteiger partial charge on any atom is 0.154 e. The van der Waals surface area contributed by atoms with E-state index in [0.717, 1.165) is 17.0 Å². The Balaban J connectivity index is 2.48. The van der Waals surface area contributed by atoms with Crippen molar-refractivity contribution in [1.29, 1.82) is 0 Å². The molecular weight excluding hydrogens is 192 g/mol. The zero-order chi connectivity index (χ0) is 10.8. The summed E-state index contributed by atoms with van der Waals surface area (Å²) in [6, 6.07) is 1.87. The first-order chi connectivity index (χ1) is 7.19. The SMILES string of the molecule is Cc1cc(-c2cnn(C)c2)nc(CO)n1. The number of hydrogen-bond acceptors (Lipinski definition) is 4. The van der Waals surface area contributed by atoms with Gasteiger partial charge in [-0.25, -0.2) is 9.97 Å². The van der Waals surface area contributed by atoms with Gasteiger partial charge in [-0.05, 0) is 13.0 Å². The van der Waals surface area contributed by atoms with Crippen molar-refractivity contribution in [2.45, 2.75) is 13.5 Å². The molecule has 78 valence electrons. The second-order valence-corrected chi connectivity index (χ2v) is 3.37. The number of aliphatic hydroxyl groups is 1. The number of nitrogens with zero attached hydrogens (tertiary/aromatic N) is 4. The summed E-state index contributed by atoms with van der Waals surface area (Å²) in [5, 5.41) is 13.1. The highest BCUT2D eigenvalue weighted by atomic mass is 16.3. The molecule has 2 aromatic rings. The molecule has 0 atom stereocenters. The van der Waals surface area contributed by atoms with Crippen LogP contribution in [0.25, 0.3) is 11.3 Å². The molecule has 1 N–H and O–H groups in total. The molecule has 0 spiro atoms. The maximum atomic E-state index is 8.99. The Morgan fingerprint density at radius 1 is 1.40 bits per heavy atom. The number of aliphatic hydroxyl groups excluding tert-OH is 1. The van der Waals surface area contributed by atoms with Crippen LogP contribution in [0.1, 0.15) is 11.5 Å². The molecule has 15 heavy (non-hydrogen) atoms. The van der Waals surface area contributed by atoms with Crippen LogP contribution < -0.4 is 0 Å². The van der Waals surface area contributed by atoms with Crippen LogP contribution in [0.2, 0.25) is 0 Å². The highest BCUT2D eigenvalue weighted by Crippen LogP contribution is 2.16. The van der Waals surface area contributed by atoms with Crippen molar-refractivity contribution in [3.8, 4) is 11.3 Å². The molecule has 0 saturated carbocycles. The summed E-state index contributed by atoms with van der Waals surface area (Å²) in [4.78, 5) is 8.32. The van der Waals surface area contributed by atoms with Crippen molar-refractivity contribution in [1.82, 2.24) is 19.7 Å². The zero-order valence-electron chi connectivity index (χ0n) is 8.68. The average Bonchev–Trinajstić information content (AvgIpc) is 2.64. The number of aromatic nitrogens is 4. The van der Waals surface area contributed by atoms with Crippen molar-refractivity contribution in [2.24, 2.45) is 7.05 Å². The molecule has 0 amide bonds. The van der Waals surface area contributed by atoms with Crippen LogP contribution in [0.3, 0.4) is 0 Å². The summed E-state index contributed by atoms with van der Waals surface area (Å²) in [5.41, 5.74) is 2.56. The first-order valence-electron chi connectivity index (χ1n) is 4.63. The standard InChI is InChI=1S/C10H12N4O/c1-7-3-9(13-10(6-15)12-7)8-4-11-14(2)5-8/h3-5,15H,6H2,1-2H3. The molecule has 0 fully saturated rings. The van der Waals surface area contributed by atoms with Crippen molar-refractivity contribution in [3.63, 3.8) is 0 Å². The minimum atomic E-state index is -0.144. The molecule has 0 saturated heterocycles. The third kappa shape index (κ3) is 2.02. The third-order valence-electron chi connectivity index (χ3n) is 2.04. The minimum Gasteiger partial charge on any atom is -0.388 e. The van der Waals surface area contributed by atoms with Gasteiger partial charge in [-0.2, -0.15) is 5.10 Å². The number of rotatable bonds is 2. The lowest BCUT2D eigenvalue weighted by atomic mass is 10.2. The van der Waals surface area contributed by atoms with E-state index in [2.05, 4.69) is 15.1 Å². The Morgan fingerprint density at radius 3 is 2.80 bits per heavy atom. The zero-order valence-corrected chi connectivity index (χ0v) is 8.68. The molecule has 5 nitrogen and oxygen atoms in total. The second kappa shape index (κ2) is 3.78. The lowest BCUT2D eigenvalue weighted by Crippen LogP contribution is -1.98. The molecule has 5 heteroatoms. The van der Waals surface area contributed by atoms with Crippen LogP contribution in [0.4, 0.5) is 0 Å². The highest BCUT2D eigenvalue weighted by molar-refractivity contribution is 5.57. The smallest absolute Gasteiger partial charge is 0.154 e. The fraction of sp³-hybridized carbons (Fsp3) is 0.300. The Labute approximate surface area is 87.4 Å². The highest BCUT2D eigenvalue weighted by Gasteiger charge is 2.05. The molecule has 0 aliphatic heterocycles. The summed E-state index contributed by atoms with van der Waals surface area (Å²) < 4.78 is 1.71. The first kappa shape index (κ1) is 9.79. The quantitative estimate of drug-likeness (QED) is 0.781. The van der Waals surface area contributed by atoms with Gasteiger partial charge in [0.15, 0.2) is 5.82 Å². The Bertz CT molecular complexity index is 478. The first-order valence-corrected chi connectivity index (χ1v) is 4.63. The Kier molecular flexibility index (Phi) is 2.47. The van der Waals surface area contributed by atoms with Gasteiger partial charge in [0.1, 0.15) is 6.61 Å². The average molecular weight is 204 g/mol. The summed E-state index contributed by atoms with van der Waals surface area (Å²) in [5.74, 6) is 0.439. The van der Waals surface area contributed by atoms with Crippen molar-refractivity contribution in [3.05, 3.63) is 30.0 Å². The summed E-state index contributed by atoms with van der Waals surface area (Å²) in [6.45, 7) is 1.73. The lowest BCUT2D eigenvalue weighted by Gasteiger charge is -2.01. The Morgan fingerprint density at radius 2 is 2.20 bits per heavy atom. The number of aryl methyl sites for hydroxylation is 2. The molecular formula is C10H12N4O. The van der Waals surface area contributed by atoms with Gasteiger partial charge in [0, 0.05) is 24.5 Å². The van der Waals surface area contributed by atoms with Crippen molar-refractivity contribution in [2.75, 3.05) is 0 Å². The maximum absolute atomic E-state index is 8.99. The summed E-state index contributed by atoms with van der Waals surface area (Å²) in [6.07, 6.45) is 3.62. The van der Waals surface area contributed by atoms with E-state index in [1.165, 1.54) is 0 Å². The van der Waals surface area contributed by atoms with Gasteiger partial charge in [0.2, 0.25) is 0 Å². The van der Waals surface area contributed by atoms with E-state index in [1.807, 2.05) is 26.2 Å². The molecule has 0 unspecified atom stereocenters. The van der Waals surface area contributed by atoms with E-state index >= 15 is 0 Å². The van der Waals surface area contributed by atoms with E-state index in [4.69, 9.17) is 5.11 Å². The fourth-order valence-corrected chi connectivity index (χ4v) is 1.40. The van der Waals surface area contributed by atoms with Crippen LogP contribution >= 0.6 is 0 Å². The van der Waals surface area contributed by atoms with Crippen LogP contribution in [-0.4, -0.2) is 24.9 Å². The molecule has 0 bridgehead atoms. The van der Waals surface area contributed by atoms with Crippen LogP contribution in [0.5, 0.6) is 0 Å². The van der Waals surface area contributed by atoms with Crippen molar-refractivity contribution < 1.29 is 5.11 Å². The Hall–Kier alpha value is -1.75. The molecule has 2 rings (SSSR count). The monoisotopic (exact) mass is 204 g/mol. The van der Waals surface area contributed by atoms with Gasteiger partial charge in [-0.15, -0.1) is 0 Å². The molecule has 2 heterocycles. The van der Waals surface area contributed by atoms with Crippen LogP contribution in [-0.2, 0) is 13.7 Å². The topological polar surface area (TPSA) is 63.8 Å². The van der Waals surface area contributed by atoms with E-state index in [-0.39, 0.29) is 6.61 Å². The van der Waals surface area contributed by atoms with Gasteiger partial charge >= 0.3 is 0 Å². The van der Waals surface area contributed by atoms with Crippen LogP contribution in [0.15, 0.2) is 18.5 Å². The third-order valence-corrected chi connectivity index (χ3v) is 2.04. The van der Waals surface area contributed by atoms with Crippen LogP contribution in [0, 0.1) is 6.92 Å². The largest absolute Gasteiger partial charge is 0.388 e. The van der Waals surface area contributed by atoms with Crippen molar-refractivity contribution >= 4 is 0 Å².